The molecule has 0 unspecified atom stereocenters. The highest BCUT2D eigenvalue weighted by atomic mass is 32.2. The van der Waals surface area contributed by atoms with Gasteiger partial charge in [0.25, 0.3) is 5.69 Å². The number of amides is 1. The Balaban J connectivity index is 1.64. The number of rotatable bonds is 6. The highest BCUT2D eigenvalue weighted by Crippen LogP contribution is 2.19. The summed E-state index contributed by atoms with van der Waals surface area (Å²) in [5, 5.41) is 13.4. The van der Waals surface area contributed by atoms with Crippen LogP contribution in [0, 0.1) is 10.1 Å². The molecule has 0 saturated carbocycles. The summed E-state index contributed by atoms with van der Waals surface area (Å²) in [6, 6.07) is 11.8. The molecule has 0 spiro atoms. The summed E-state index contributed by atoms with van der Waals surface area (Å²) in [4.78, 5) is 22.5. The van der Waals surface area contributed by atoms with E-state index in [1.54, 1.807) is 6.07 Å². The molecule has 1 saturated heterocycles. The standard InChI is InChI=1S/C19H19N3O6S/c23-19(9-4-15-2-1-3-17(14-15)22(24)25)20-16-5-7-18(8-6-16)29(26,27)21-10-12-28-13-11-21/h1-9,14H,10-13H2,(H,20,23)/b9-4+. The lowest BCUT2D eigenvalue weighted by atomic mass is 10.2. The summed E-state index contributed by atoms with van der Waals surface area (Å²) < 4.78 is 31.7. The zero-order valence-electron chi connectivity index (χ0n) is 15.4. The molecule has 1 amide bonds. The van der Waals surface area contributed by atoms with Crippen LogP contribution in [-0.2, 0) is 19.6 Å². The van der Waals surface area contributed by atoms with Crippen LogP contribution in [0.2, 0.25) is 0 Å². The zero-order valence-corrected chi connectivity index (χ0v) is 16.2. The Hall–Kier alpha value is -3.08. The van der Waals surface area contributed by atoms with Crippen LogP contribution in [0.15, 0.2) is 59.5 Å². The maximum absolute atomic E-state index is 12.6. The number of nitrogens with zero attached hydrogens (tertiary/aromatic N) is 2. The SMILES string of the molecule is O=C(/C=C/c1cccc([N+](=O)[O-])c1)Nc1ccc(S(=O)(=O)N2CCOCC2)cc1. The first kappa shape index (κ1) is 20.6. The molecule has 0 aromatic heterocycles. The van der Waals surface area contributed by atoms with Crippen LogP contribution in [0.25, 0.3) is 6.08 Å². The van der Waals surface area contributed by atoms with E-state index in [4.69, 9.17) is 4.74 Å². The third kappa shape index (κ3) is 5.25. The molecule has 2 aromatic rings. The molecule has 9 nitrogen and oxygen atoms in total. The summed E-state index contributed by atoms with van der Waals surface area (Å²) in [6.07, 6.45) is 2.71. The molecule has 0 aliphatic carbocycles. The van der Waals surface area contributed by atoms with Crippen LogP contribution in [0.3, 0.4) is 0 Å². The average molecular weight is 417 g/mol. The Kier molecular flexibility index (Phi) is 6.37. The minimum Gasteiger partial charge on any atom is -0.379 e. The molecule has 1 aliphatic rings. The number of sulfonamides is 1. The highest BCUT2D eigenvalue weighted by molar-refractivity contribution is 7.89. The number of nitro groups is 1. The average Bonchev–Trinajstić information content (AvgIpc) is 2.73. The van der Waals surface area contributed by atoms with Crippen LogP contribution in [0.4, 0.5) is 11.4 Å². The number of ether oxygens (including phenoxy) is 1. The molecular weight excluding hydrogens is 398 g/mol. The van der Waals surface area contributed by atoms with Gasteiger partial charge in [-0.3, -0.25) is 14.9 Å². The van der Waals surface area contributed by atoms with E-state index < -0.39 is 20.9 Å². The van der Waals surface area contributed by atoms with Gasteiger partial charge < -0.3 is 10.1 Å². The normalized spacial score (nSPS) is 15.3. The molecule has 1 aliphatic heterocycles. The number of nitrogens with one attached hydrogen (secondary N) is 1. The fourth-order valence-electron chi connectivity index (χ4n) is 2.74. The van der Waals surface area contributed by atoms with Crippen molar-refractivity contribution in [3.63, 3.8) is 0 Å². The molecule has 0 atom stereocenters. The number of non-ortho nitro benzene ring substituents is 1. The number of anilines is 1. The van der Waals surface area contributed by atoms with E-state index in [9.17, 15) is 23.3 Å². The number of carbonyl (C=O) groups excluding carboxylic acids is 1. The molecule has 152 valence electrons. The molecule has 1 heterocycles. The maximum Gasteiger partial charge on any atom is 0.270 e. The van der Waals surface area contributed by atoms with Crippen molar-refractivity contribution >= 4 is 33.4 Å². The first-order valence-corrected chi connectivity index (χ1v) is 10.2. The summed E-state index contributed by atoms with van der Waals surface area (Å²) in [5.41, 5.74) is 0.880. The van der Waals surface area contributed by atoms with Crippen molar-refractivity contribution in [3.05, 3.63) is 70.3 Å². The minimum absolute atomic E-state index is 0.0652. The molecular formula is C19H19N3O6S. The van der Waals surface area contributed by atoms with Crippen molar-refractivity contribution in [2.75, 3.05) is 31.6 Å². The molecule has 10 heteroatoms. The molecule has 29 heavy (non-hydrogen) atoms. The van der Waals surface area contributed by atoms with Crippen molar-refractivity contribution < 1.29 is 22.9 Å². The van der Waals surface area contributed by atoms with E-state index in [0.717, 1.165) is 0 Å². The van der Waals surface area contributed by atoms with Crippen LogP contribution in [0.1, 0.15) is 5.56 Å². The predicted molar refractivity (Wildman–Crippen MR) is 107 cm³/mol. The maximum atomic E-state index is 12.6. The second-order valence-electron chi connectivity index (χ2n) is 6.22. The van der Waals surface area contributed by atoms with E-state index in [-0.39, 0.29) is 10.6 Å². The van der Waals surface area contributed by atoms with Crippen molar-refractivity contribution in [1.82, 2.24) is 4.31 Å². The van der Waals surface area contributed by atoms with Gasteiger partial charge in [0.15, 0.2) is 0 Å². The van der Waals surface area contributed by atoms with E-state index in [2.05, 4.69) is 5.32 Å². The van der Waals surface area contributed by atoms with Gasteiger partial charge in [-0.15, -0.1) is 0 Å². The van der Waals surface area contributed by atoms with Crippen LogP contribution in [-0.4, -0.2) is 49.9 Å². The summed E-state index contributed by atoms with van der Waals surface area (Å²) in [6.45, 7) is 1.35. The number of carbonyl (C=O) groups is 1. The lowest BCUT2D eigenvalue weighted by molar-refractivity contribution is -0.384. The predicted octanol–water partition coefficient (Wildman–Crippen LogP) is 2.27. The summed E-state index contributed by atoms with van der Waals surface area (Å²) in [5.74, 6) is -0.444. The second kappa shape index (κ2) is 8.95. The Bertz CT molecular complexity index is 1030. The Morgan fingerprint density at radius 3 is 2.48 bits per heavy atom. The van der Waals surface area contributed by atoms with Gasteiger partial charge in [-0.1, -0.05) is 12.1 Å². The van der Waals surface area contributed by atoms with Crippen LogP contribution in [0.5, 0.6) is 0 Å². The number of hydrogen-bond acceptors (Lipinski definition) is 6. The van der Waals surface area contributed by atoms with Crippen molar-refractivity contribution in [2.24, 2.45) is 0 Å². The van der Waals surface area contributed by atoms with E-state index >= 15 is 0 Å². The van der Waals surface area contributed by atoms with Gasteiger partial charge in [-0.05, 0) is 35.9 Å². The topological polar surface area (TPSA) is 119 Å². The molecule has 1 fully saturated rings. The fraction of sp³-hybridized carbons (Fsp3) is 0.211. The first-order valence-electron chi connectivity index (χ1n) is 8.78. The summed E-state index contributed by atoms with van der Waals surface area (Å²) >= 11 is 0. The smallest absolute Gasteiger partial charge is 0.270 e. The number of hydrogen-bond donors (Lipinski definition) is 1. The van der Waals surface area contributed by atoms with Gasteiger partial charge in [0, 0.05) is 37.0 Å². The monoisotopic (exact) mass is 417 g/mol. The summed E-state index contributed by atoms with van der Waals surface area (Å²) in [7, 11) is -3.59. The van der Waals surface area contributed by atoms with Gasteiger partial charge in [-0.2, -0.15) is 4.31 Å². The Labute approximate surface area is 167 Å². The van der Waals surface area contributed by atoms with Crippen molar-refractivity contribution in [3.8, 4) is 0 Å². The van der Waals surface area contributed by atoms with E-state index in [1.807, 2.05) is 0 Å². The lowest BCUT2D eigenvalue weighted by Gasteiger charge is -2.26. The van der Waals surface area contributed by atoms with E-state index in [1.165, 1.54) is 58.9 Å². The third-order valence-corrected chi connectivity index (χ3v) is 6.15. The van der Waals surface area contributed by atoms with Crippen molar-refractivity contribution in [2.45, 2.75) is 4.90 Å². The Morgan fingerprint density at radius 2 is 1.83 bits per heavy atom. The number of benzene rings is 2. The quantitative estimate of drug-likeness (QED) is 0.437. The largest absolute Gasteiger partial charge is 0.379 e. The lowest BCUT2D eigenvalue weighted by Crippen LogP contribution is -2.40. The van der Waals surface area contributed by atoms with Gasteiger partial charge in [0.05, 0.1) is 23.0 Å². The van der Waals surface area contributed by atoms with Gasteiger partial charge in [0.1, 0.15) is 0 Å². The first-order chi connectivity index (χ1) is 13.9. The van der Waals surface area contributed by atoms with Crippen molar-refractivity contribution in [1.29, 1.82) is 0 Å². The molecule has 0 radical (unpaired) electrons. The number of nitro benzene ring substituents is 1. The highest BCUT2D eigenvalue weighted by Gasteiger charge is 2.26. The molecule has 3 rings (SSSR count). The van der Waals surface area contributed by atoms with Crippen LogP contribution >= 0.6 is 0 Å². The zero-order chi connectivity index (χ0) is 20.9. The van der Waals surface area contributed by atoms with E-state index in [0.29, 0.717) is 37.6 Å². The minimum atomic E-state index is -3.59. The van der Waals surface area contributed by atoms with Gasteiger partial charge in [-0.25, -0.2) is 8.42 Å². The number of morpholine rings is 1. The van der Waals surface area contributed by atoms with Gasteiger partial charge in [0.2, 0.25) is 15.9 Å². The van der Waals surface area contributed by atoms with Crippen LogP contribution < -0.4 is 5.32 Å². The molecule has 0 bridgehead atoms. The Morgan fingerprint density at radius 1 is 1.14 bits per heavy atom. The molecule has 1 N–H and O–H groups in total. The second-order valence-corrected chi connectivity index (χ2v) is 8.15. The third-order valence-electron chi connectivity index (χ3n) is 4.24. The fourth-order valence-corrected chi connectivity index (χ4v) is 4.15. The molecule has 2 aromatic carbocycles. The van der Waals surface area contributed by atoms with Gasteiger partial charge >= 0.3 is 0 Å².